The van der Waals surface area contributed by atoms with Crippen LogP contribution in [0, 0.1) is 5.92 Å². The van der Waals surface area contributed by atoms with E-state index in [1.54, 1.807) is 0 Å². The first-order valence-corrected chi connectivity index (χ1v) is 13.2. The van der Waals surface area contributed by atoms with Gasteiger partial charge in [-0.3, -0.25) is 4.79 Å². The number of benzene rings is 1. The molecule has 1 atom stereocenters. The van der Waals surface area contributed by atoms with Gasteiger partial charge >= 0.3 is 0 Å². The predicted molar refractivity (Wildman–Crippen MR) is 136 cm³/mol. The molecule has 1 N–H and O–H groups in total. The number of carbonyl (C=O) groups excluding carboxylic acids is 1. The molecular formula is C28H49NO3. The van der Waals surface area contributed by atoms with E-state index >= 15 is 0 Å². The molecular weight excluding hydrogens is 398 g/mol. The molecule has 0 saturated carbocycles. The van der Waals surface area contributed by atoms with Crippen LogP contribution in [0.1, 0.15) is 111 Å². The summed E-state index contributed by atoms with van der Waals surface area (Å²) in [4.78, 5) is 12.2. The molecule has 0 radical (unpaired) electrons. The second kappa shape index (κ2) is 18.8. The van der Waals surface area contributed by atoms with Gasteiger partial charge in [0.1, 0.15) is 11.5 Å². The lowest BCUT2D eigenvalue weighted by molar-refractivity contribution is -0.128. The maximum absolute atomic E-state index is 12.2. The zero-order chi connectivity index (χ0) is 23.4. The Morgan fingerprint density at radius 2 is 1.28 bits per heavy atom. The Balaban J connectivity index is 2.09. The van der Waals surface area contributed by atoms with E-state index < -0.39 is 6.10 Å². The summed E-state index contributed by atoms with van der Waals surface area (Å²) in [6.07, 6.45) is 16.4. The van der Waals surface area contributed by atoms with Gasteiger partial charge in [-0.05, 0) is 43.0 Å². The minimum absolute atomic E-state index is 0.0477. The van der Waals surface area contributed by atoms with E-state index in [9.17, 15) is 4.79 Å². The van der Waals surface area contributed by atoms with Crippen LogP contribution in [0.3, 0.4) is 0 Å². The summed E-state index contributed by atoms with van der Waals surface area (Å²) in [6.45, 7) is 9.83. The highest BCUT2D eigenvalue weighted by Crippen LogP contribution is 2.20. The number of carbonyl (C=O) groups is 1. The van der Waals surface area contributed by atoms with Crippen LogP contribution in [-0.2, 0) is 4.79 Å². The molecule has 1 aromatic rings. The van der Waals surface area contributed by atoms with E-state index in [0.717, 1.165) is 18.8 Å². The minimum atomic E-state index is -0.457. The van der Waals surface area contributed by atoms with E-state index in [1.165, 1.54) is 70.6 Å². The van der Waals surface area contributed by atoms with Crippen molar-refractivity contribution in [2.24, 2.45) is 5.92 Å². The van der Waals surface area contributed by atoms with Crippen LogP contribution in [0.2, 0.25) is 0 Å². The smallest absolute Gasteiger partial charge is 0.261 e. The van der Waals surface area contributed by atoms with Gasteiger partial charge in [-0.2, -0.15) is 0 Å². The standard InChI is InChI=1S/C28H49NO3/c1-5-7-8-9-10-11-12-13-14-15-16-17-22-31-25-18-20-26(21-19-25)32-27(6-2)28(30)29-23-24(3)4/h18-21,24,27H,5-17,22-23H2,1-4H3,(H,29,30). The summed E-state index contributed by atoms with van der Waals surface area (Å²) in [5, 5.41) is 2.94. The number of rotatable bonds is 20. The van der Waals surface area contributed by atoms with Crippen molar-refractivity contribution in [2.45, 2.75) is 117 Å². The molecule has 1 aromatic carbocycles. The molecule has 1 rings (SSSR count). The van der Waals surface area contributed by atoms with E-state index in [2.05, 4.69) is 26.1 Å². The molecule has 0 aliphatic carbocycles. The van der Waals surface area contributed by atoms with E-state index in [1.807, 2.05) is 31.2 Å². The van der Waals surface area contributed by atoms with Crippen molar-refractivity contribution in [1.82, 2.24) is 5.32 Å². The summed E-state index contributed by atoms with van der Waals surface area (Å²) < 4.78 is 11.7. The highest BCUT2D eigenvalue weighted by Gasteiger charge is 2.18. The lowest BCUT2D eigenvalue weighted by Gasteiger charge is -2.18. The quantitative estimate of drug-likeness (QED) is 0.208. The molecule has 0 heterocycles. The Labute approximate surface area is 197 Å². The van der Waals surface area contributed by atoms with Crippen molar-refractivity contribution in [3.05, 3.63) is 24.3 Å². The van der Waals surface area contributed by atoms with Gasteiger partial charge in [0.2, 0.25) is 0 Å². The van der Waals surface area contributed by atoms with Crippen LogP contribution in [0.15, 0.2) is 24.3 Å². The zero-order valence-corrected chi connectivity index (χ0v) is 21.3. The first-order chi connectivity index (χ1) is 15.6. The fourth-order valence-corrected chi connectivity index (χ4v) is 3.65. The summed E-state index contributed by atoms with van der Waals surface area (Å²) in [5.41, 5.74) is 0. The van der Waals surface area contributed by atoms with Crippen LogP contribution < -0.4 is 14.8 Å². The first-order valence-electron chi connectivity index (χ1n) is 13.2. The van der Waals surface area contributed by atoms with Crippen molar-refractivity contribution in [2.75, 3.05) is 13.2 Å². The zero-order valence-electron chi connectivity index (χ0n) is 21.3. The molecule has 0 spiro atoms. The predicted octanol–water partition coefficient (Wildman–Crippen LogP) is 7.70. The number of unbranched alkanes of at least 4 members (excludes halogenated alkanes) is 11. The first kappa shape index (κ1) is 28.3. The van der Waals surface area contributed by atoms with Gasteiger partial charge < -0.3 is 14.8 Å². The third kappa shape index (κ3) is 14.4. The second-order valence-corrected chi connectivity index (χ2v) is 9.36. The SMILES string of the molecule is CCCCCCCCCCCCCCOc1ccc(OC(CC)C(=O)NCC(C)C)cc1. The minimum Gasteiger partial charge on any atom is -0.494 e. The number of amides is 1. The van der Waals surface area contributed by atoms with E-state index in [0.29, 0.717) is 24.6 Å². The number of hydrogen-bond acceptors (Lipinski definition) is 3. The third-order valence-electron chi connectivity index (χ3n) is 5.72. The summed E-state index contributed by atoms with van der Waals surface area (Å²) in [7, 11) is 0. The van der Waals surface area contributed by atoms with Crippen molar-refractivity contribution in [1.29, 1.82) is 0 Å². The molecule has 0 aliphatic rings. The Hall–Kier alpha value is -1.71. The van der Waals surface area contributed by atoms with Gasteiger partial charge in [0, 0.05) is 6.54 Å². The maximum atomic E-state index is 12.2. The van der Waals surface area contributed by atoms with Crippen LogP contribution in [0.5, 0.6) is 11.5 Å². The molecule has 0 aromatic heterocycles. The Bertz CT molecular complexity index is 571. The van der Waals surface area contributed by atoms with Crippen LogP contribution in [0.25, 0.3) is 0 Å². The fourth-order valence-electron chi connectivity index (χ4n) is 3.65. The average Bonchev–Trinajstić information content (AvgIpc) is 2.79. The monoisotopic (exact) mass is 447 g/mol. The third-order valence-corrected chi connectivity index (χ3v) is 5.72. The Morgan fingerprint density at radius 3 is 1.78 bits per heavy atom. The highest BCUT2D eigenvalue weighted by atomic mass is 16.5. The normalized spacial score (nSPS) is 12.0. The topological polar surface area (TPSA) is 47.6 Å². The lowest BCUT2D eigenvalue weighted by atomic mass is 10.1. The maximum Gasteiger partial charge on any atom is 0.261 e. The molecule has 1 unspecified atom stereocenters. The van der Waals surface area contributed by atoms with Crippen LogP contribution >= 0.6 is 0 Å². The van der Waals surface area contributed by atoms with Crippen molar-refractivity contribution in [3.8, 4) is 11.5 Å². The molecule has 0 bridgehead atoms. The number of ether oxygens (including phenoxy) is 2. The molecule has 4 heteroatoms. The largest absolute Gasteiger partial charge is 0.494 e. The van der Waals surface area contributed by atoms with Gasteiger partial charge in [0.25, 0.3) is 5.91 Å². The fraction of sp³-hybridized carbons (Fsp3) is 0.750. The van der Waals surface area contributed by atoms with Gasteiger partial charge in [-0.25, -0.2) is 0 Å². The number of hydrogen-bond donors (Lipinski definition) is 1. The molecule has 184 valence electrons. The summed E-state index contributed by atoms with van der Waals surface area (Å²) in [5.74, 6) is 1.94. The van der Waals surface area contributed by atoms with Crippen LogP contribution in [-0.4, -0.2) is 25.2 Å². The van der Waals surface area contributed by atoms with Crippen molar-refractivity contribution in [3.63, 3.8) is 0 Å². The molecule has 32 heavy (non-hydrogen) atoms. The Morgan fingerprint density at radius 1 is 0.781 bits per heavy atom. The summed E-state index contributed by atoms with van der Waals surface area (Å²) >= 11 is 0. The van der Waals surface area contributed by atoms with Gasteiger partial charge in [0.05, 0.1) is 6.61 Å². The van der Waals surface area contributed by atoms with Gasteiger partial charge in [0.15, 0.2) is 6.10 Å². The highest BCUT2D eigenvalue weighted by molar-refractivity contribution is 5.81. The summed E-state index contributed by atoms with van der Waals surface area (Å²) in [6, 6.07) is 7.62. The molecule has 4 nitrogen and oxygen atoms in total. The Kier molecular flexibility index (Phi) is 16.7. The van der Waals surface area contributed by atoms with Crippen LogP contribution in [0.4, 0.5) is 0 Å². The van der Waals surface area contributed by atoms with Crippen molar-refractivity contribution >= 4 is 5.91 Å². The number of nitrogens with one attached hydrogen (secondary N) is 1. The molecule has 1 amide bonds. The molecule has 0 fully saturated rings. The average molecular weight is 448 g/mol. The van der Waals surface area contributed by atoms with Gasteiger partial charge in [-0.1, -0.05) is 98.3 Å². The molecule has 0 aliphatic heterocycles. The van der Waals surface area contributed by atoms with Crippen molar-refractivity contribution < 1.29 is 14.3 Å². The van der Waals surface area contributed by atoms with Gasteiger partial charge in [-0.15, -0.1) is 0 Å². The second-order valence-electron chi connectivity index (χ2n) is 9.36. The molecule has 0 saturated heterocycles. The lowest BCUT2D eigenvalue weighted by Crippen LogP contribution is -2.39. The van der Waals surface area contributed by atoms with E-state index in [4.69, 9.17) is 9.47 Å². The van der Waals surface area contributed by atoms with E-state index in [-0.39, 0.29) is 5.91 Å².